The molecule has 0 heterocycles. The summed E-state index contributed by atoms with van der Waals surface area (Å²) in [7, 11) is 2.12. The zero-order valence-electron chi connectivity index (χ0n) is 20.7. The second-order valence-corrected chi connectivity index (χ2v) is 11.7. The molecule has 0 saturated carbocycles. The van der Waals surface area contributed by atoms with Gasteiger partial charge in [-0.15, -0.1) is 0 Å². The van der Waals surface area contributed by atoms with Gasteiger partial charge in [0, 0.05) is 22.4 Å². The molecule has 1 N–H and O–H groups in total. The molecule has 0 fully saturated rings. The molecule has 0 aromatic heterocycles. The van der Waals surface area contributed by atoms with E-state index in [9.17, 15) is 5.11 Å². The van der Waals surface area contributed by atoms with Crippen LogP contribution in [0, 0.1) is 0 Å². The Bertz CT molecular complexity index is 1060. The van der Waals surface area contributed by atoms with Crippen LogP contribution in [0.3, 0.4) is 0 Å². The number of hydrogen-bond acceptors (Lipinski definition) is 3. The van der Waals surface area contributed by atoms with Crippen LogP contribution in [0.1, 0.15) is 71.2 Å². The largest absolute Gasteiger partial charge is 0.507 e. The number of anilines is 1. The fraction of sp³-hybridized carbons (Fsp3) is 0.379. The molecule has 0 amide bonds. The first-order valence-corrected chi connectivity index (χ1v) is 12.1. The first-order valence-electron chi connectivity index (χ1n) is 11.3. The Morgan fingerprint density at radius 1 is 0.812 bits per heavy atom. The van der Waals surface area contributed by atoms with Crippen molar-refractivity contribution < 1.29 is 5.11 Å². The van der Waals surface area contributed by atoms with Crippen molar-refractivity contribution in [3.63, 3.8) is 0 Å². The van der Waals surface area contributed by atoms with Gasteiger partial charge in [-0.25, -0.2) is 0 Å². The van der Waals surface area contributed by atoms with Gasteiger partial charge in [-0.3, -0.25) is 0 Å². The van der Waals surface area contributed by atoms with Crippen LogP contribution < -0.4 is 4.90 Å². The number of aromatic hydroxyl groups is 1. The van der Waals surface area contributed by atoms with Crippen molar-refractivity contribution in [1.29, 1.82) is 0 Å². The van der Waals surface area contributed by atoms with Crippen molar-refractivity contribution >= 4 is 17.4 Å². The highest BCUT2D eigenvalue weighted by molar-refractivity contribution is 7.99. The van der Waals surface area contributed by atoms with Gasteiger partial charge in [0.25, 0.3) is 0 Å². The van der Waals surface area contributed by atoms with Crippen LogP contribution in [0.5, 0.6) is 5.75 Å². The highest BCUT2D eigenvalue weighted by atomic mass is 32.2. The molecule has 3 aromatic rings. The Hall–Kier alpha value is -2.39. The van der Waals surface area contributed by atoms with E-state index < -0.39 is 0 Å². The van der Waals surface area contributed by atoms with Crippen LogP contribution in [0.4, 0.5) is 5.69 Å². The highest BCUT2D eigenvalue weighted by Gasteiger charge is 2.28. The molecule has 1 atom stereocenters. The molecule has 32 heavy (non-hydrogen) atoms. The van der Waals surface area contributed by atoms with Crippen LogP contribution in [0.15, 0.2) is 76.5 Å². The van der Waals surface area contributed by atoms with Gasteiger partial charge in [0.2, 0.25) is 0 Å². The van der Waals surface area contributed by atoms with Crippen molar-refractivity contribution in [2.45, 2.75) is 75.1 Å². The van der Waals surface area contributed by atoms with Crippen LogP contribution >= 0.6 is 11.8 Å². The van der Waals surface area contributed by atoms with E-state index in [1.165, 1.54) is 15.4 Å². The second kappa shape index (κ2) is 9.23. The average Bonchev–Trinajstić information content (AvgIpc) is 2.72. The van der Waals surface area contributed by atoms with Gasteiger partial charge in [-0.05, 0) is 59.2 Å². The van der Waals surface area contributed by atoms with Crippen LogP contribution in [-0.4, -0.2) is 12.2 Å². The lowest BCUT2D eigenvalue weighted by Gasteiger charge is -2.33. The molecule has 0 aliphatic rings. The van der Waals surface area contributed by atoms with Gasteiger partial charge < -0.3 is 10.0 Å². The van der Waals surface area contributed by atoms with Crippen molar-refractivity contribution in [1.82, 2.24) is 0 Å². The number of phenols is 1. The summed E-state index contributed by atoms with van der Waals surface area (Å²) in [4.78, 5) is 4.70. The van der Waals surface area contributed by atoms with Crippen molar-refractivity contribution in [2.75, 3.05) is 11.9 Å². The molecule has 0 aliphatic heterocycles. The molecular formula is C29H37NOS. The Labute approximate surface area is 198 Å². The Balaban J connectivity index is 2.06. The smallest absolute Gasteiger partial charge is 0.124 e. The Kier molecular flexibility index (Phi) is 7.00. The topological polar surface area (TPSA) is 23.5 Å². The monoisotopic (exact) mass is 447 g/mol. The molecule has 0 bridgehead atoms. The lowest BCUT2D eigenvalue weighted by atomic mass is 9.78. The summed E-state index contributed by atoms with van der Waals surface area (Å²) in [6.07, 6.45) is 0. The summed E-state index contributed by atoms with van der Waals surface area (Å²) in [5.41, 5.74) is 4.26. The first kappa shape index (κ1) is 24.3. The average molecular weight is 448 g/mol. The van der Waals surface area contributed by atoms with Crippen LogP contribution in [-0.2, 0) is 10.8 Å². The summed E-state index contributed by atoms with van der Waals surface area (Å²) >= 11 is 1.77. The first-order chi connectivity index (χ1) is 14.9. The molecule has 2 nitrogen and oxygen atoms in total. The number of para-hydroxylation sites is 1. The minimum Gasteiger partial charge on any atom is -0.507 e. The molecule has 0 aliphatic carbocycles. The Morgan fingerprint density at radius 2 is 1.41 bits per heavy atom. The third-order valence-corrected chi connectivity index (χ3v) is 7.13. The summed E-state index contributed by atoms with van der Waals surface area (Å²) in [6, 6.07) is 23.4. The predicted molar refractivity (Wildman–Crippen MR) is 139 cm³/mol. The zero-order valence-corrected chi connectivity index (χ0v) is 21.5. The molecule has 0 spiro atoms. The molecule has 0 radical (unpaired) electrons. The van der Waals surface area contributed by atoms with Gasteiger partial charge in [-0.2, -0.15) is 0 Å². The molecule has 3 rings (SSSR count). The zero-order chi connectivity index (χ0) is 23.7. The lowest BCUT2D eigenvalue weighted by Crippen LogP contribution is -2.24. The minimum absolute atomic E-state index is 0.00180. The Morgan fingerprint density at radius 3 is 2.00 bits per heavy atom. The quantitative estimate of drug-likeness (QED) is 0.425. The SMILES string of the molecule is CC(c1cc(C(C)(C)C)cc(C(C)(C)C)c1O)N(C)c1ccccc1Sc1ccccc1. The number of phenolic OH excluding ortho intramolecular Hbond substituents is 1. The number of rotatable bonds is 5. The molecule has 170 valence electrons. The second-order valence-electron chi connectivity index (χ2n) is 10.6. The molecule has 0 saturated heterocycles. The van der Waals surface area contributed by atoms with E-state index in [-0.39, 0.29) is 16.9 Å². The molecular weight excluding hydrogens is 410 g/mol. The van der Waals surface area contributed by atoms with E-state index in [1.54, 1.807) is 11.8 Å². The van der Waals surface area contributed by atoms with Crippen molar-refractivity contribution in [3.8, 4) is 5.75 Å². The third kappa shape index (κ3) is 5.32. The van der Waals surface area contributed by atoms with Crippen LogP contribution in [0.25, 0.3) is 0 Å². The van der Waals surface area contributed by atoms with E-state index in [1.807, 2.05) is 6.07 Å². The third-order valence-electron chi connectivity index (χ3n) is 6.06. The van der Waals surface area contributed by atoms with Gasteiger partial charge >= 0.3 is 0 Å². The van der Waals surface area contributed by atoms with Crippen LogP contribution in [0.2, 0.25) is 0 Å². The van der Waals surface area contributed by atoms with E-state index in [4.69, 9.17) is 0 Å². The van der Waals surface area contributed by atoms with E-state index >= 15 is 0 Å². The fourth-order valence-corrected chi connectivity index (χ4v) is 4.86. The van der Waals surface area contributed by atoms with Gasteiger partial charge in [0.05, 0.1) is 11.7 Å². The molecule has 3 heteroatoms. The fourth-order valence-electron chi connectivity index (χ4n) is 3.85. The minimum atomic E-state index is -0.139. The lowest BCUT2D eigenvalue weighted by molar-refractivity contribution is 0.433. The number of benzene rings is 3. The van der Waals surface area contributed by atoms with E-state index in [0.717, 1.165) is 16.8 Å². The van der Waals surface area contributed by atoms with Crippen molar-refractivity contribution in [2.24, 2.45) is 0 Å². The maximum absolute atomic E-state index is 11.4. The van der Waals surface area contributed by atoms with E-state index in [2.05, 4.69) is 121 Å². The maximum atomic E-state index is 11.4. The standard InChI is InChI=1S/C29H37NOS/c1-20(23-18-21(28(2,3)4)19-24(27(23)31)29(5,6)7)30(8)25-16-12-13-17-26(25)32-22-14-10-9-11-15-22/h9-20,31H,1-8H3. The summed E-state index contributed by atoms with van der Waals surface area (Å²) < 4.78 is 0. The van der Waals surface area contributed by atoms with Gasteiger partial charge in [-0.1, -0.05) is 89.7 Å². The molecule has 3 aromatic carbocycles. The molecule has 1 unspecified atom stereocenters. The van der Waals surface area contributed by atoms with Crippen molar-refractivity contribution in [3.05, 3.63) is 83.4 Å². The summed E-state index contributed by atoms with van der Waals surface area (Å²) in [5, 5.41) is 11.4. The number of hydrogen-bond donors (Lipinski definition) is 1. The predicted octanol–water partition coefficient (Wildman–Crippen LogP) is 8.34. The van der Waals surface area contributed by atoms with E-state index in [0.29, 0.717) is 5.75 Å². The summed E-state index contributed by atoms with van der Waals surface area (Å²) in [6.45, 7) is 15.4. The number of nitrogens with zero attached hydrogens (tertiary/aromatic N) is 1. The van der Waals surface area contributed by atoms with Gasteiger partial charge in [0.1, 0.15) is 5.75 Å². The maximum Gasteiger partial charge on any atom is 0.124 e. The normalized spacial score (nSPS) is 13.1. The van der Waals surface area contributed by atoms with Gasteiger partial charge in [0.15, 0.2) is 0 Å². The highest BCUT2D eigenvalue weighted by Crippen LogP contribution is 2.43. The summed E-state index contributed by atoms with van der Waals surface area (Å²) in [5.74, 6) is 0.415.